The van der Waals surface area contributed by atoms with Gasteiger partial charge in [-0.05, 0) is 76.0 Å². The van der Waals surface area contributed by atoms with E-state index in [4.69, 9.17) is 9.47 Å². The number of ether oxygens (including phenoxy) is 2. The molecular formula is C26H48O3. The lowest BCUT2D eigenvalue weighted by molar-refractivity contribution is -0.0174. The predicted octanol–water partition coefficient (Wildman–Crippen LogP) is 8.44. The number of hydrogen-bond donors (Lipinski definition) is 0. The zero-order valence-corrected chi connectivity index (χ0v) is 19.6. The highest BCUT2D eigenvalue weighted by molar-refractivity contribution is 5.60. The summed E-state index contributed by atoms with van der Waals surface area (Å²) in [5, 5.41) is 0. The first-order chi connectivity index (χ1) is 14.1. The number of carbonyl (C=O) groups excluding carboxylic acids is 1. The fourth-order valence-electron chi connectivity index (χ4n) is 5.55. The third-order valence-electron chi connectivity index (χ3n) is 7.52. The minimum absolute atomic E-state index is 0.0248. The van der Waals surface area contributed by atoms with E-state index in [1.807, 2.05) is 6.92 Å². The summed E-state index contributed by atoms with van der Waals surface area (Å²) >= 11 is 0. The van der Waals surface area contributed by atoms with E-state index in [2.05, 4.69) is 13.8 Å². The molecule has 0 saturated heterocycles. The van der Waals surface area contributed by atoms with Crippen LogP contribution in [0.5, 0.6) is 0 Å². The van der Waals surface area contributed by atoms with E-state index >= 15 is 0 Å². The highest BCUT2D eigenvalue weighted by Crippen LogP contribution is 2.41. The second kappa shape index (κ2) is 14.3. The van der Waals surface area contributed by atoms with E-state index in [9.17, 15) is 4.79 Å². The smallest absolute Gasteiger partial charge is 0.431 e. The van der Waals surface area contributed by atoms with Gasteiger partial charge >= 0.3 is 6.16 Å². The molecule has 0 aromatic heterocycles. The molecule has 0 bridgehead atoms. The van der Waals surface area contributed by atoms with E-state index in [1.54, 1.807) is 0 Å². The van der Waals surface area contributed by atoms with Crippen LogP contribution < -0.4 is 0 Å². The Bertz CT molecular complexity index is 420. The molecule has 2 fully saturated rings. The lowest BCUT2D eigenvalue weighted by atomic mass is 9.70. The van der Waals surface area contributed by atoms with E-state index in [-0.39, 0.29) is 12.2 Å². The molecule has 0 heterocycles. The van der Waals surface area contributed by atoms with Gasteiger partial charge in [0.2, 0.25) is 0 Å². The maximum Gasteiger partial charge on any atom is 0.508 e. The first kappa shape index (κ1) is 24.5. The molecule has 0 spiro atoms. The Morgan fingerprint density at radius 1 is 0.793 bits per heavy atom. The van der Waals surface area contributed by atoms with Crippen molar-refractivity contribution in [1.29, 1.82) is 0 Å². The highest BCUT2D eigenvalue weighted by atomic mass is 16.7. The van der Waals surface area contributed by atoms with Crippen molar-refractivity contribution in [2.75, 3.05) is 0 Å². The molecule has 0 amide bonds. The first-order valence-electron chi connectivity index (χ1n) is 13.0. The molecule has 0 aromatic carbocycles. The third-order valence-corrected chi connectivity index (χ3v) is 7.52. The van der Waals surface area contributed by atoms with Crippen LogP contribution in [0.25, 0.3) is 0 Å². The summed E-state index contributed by atoms with van der Waals surface area (Å²) in [5.41, 5.74) is 0. The van der Waals surface area contributed by atoms with Crippen LogP contribution in [0.15, 0.2) is 0 Å². The minimum atomic E-state index is -0.441. The number of carbonyl (C=O) groups is 1. The number of hydrogen-bond acceptors (Lipinski definition) is 3. The predicted molar refractivity (Wildman–Crippen MR) is 121 cm³/mol. The SMILES string of the molecule is CCCCCC[C@@H](C)OC(=O)O[C@H]1CC[C@H]([C@H]2CC[C@H](CCCCC)CC2)CC1. The van der Waals surface area contributed by atoms with Gasteiger partial charge in [0.25, 0.3) is 0 Å². The van der Waals surface area contributed by atoms with Crippen LogP contribution in [-0.4, -0.2) is 18.4 Å². The van der Waals surface area contributed by atoms with Gasteiger partial charge in [0.05, 0.1) is 0 Å². The molecule has 1 atom stereocenters. The van der Waals surface area contributed by atoms with Gasteiger partial charge in [0, 0.05) is 0 Å². The Labute approximate surface area is 180 Å². The summed E-state index contributed by atoms with van der Waals surface area (Å²) < 4.78 is 11.1. The quantitative estimate of drug-likeness (QED) is 0.240. The van der Waals surface area contributed by atoms with Gasteiger partial charge in [0.15, 0.2) is 0 Å². The van der Waals surface area contributed by atoms with Crippen molar-refractivity contribution in [3.63, 3.8) is 0 Å². The molecule has 2 aliphatic carbocycles. The second-order valence-electron chi connectivity index (χ2n) is 9.96. The summed E-state index contributed by atoms with van der Waals surface area (Å²) in [4.78, 5) is 12.1. The summed E-state index contributed by atoms with van der Waals surface area (Å²) in [5.74, 6) is 2.78. The molecule has 0 aliphatic heterocycles. The van der Waals surface area contributed by atoms with Crippen LogP contribution in [0.3, 0.4) is 0 Å². The topological polar surface area (TPSA) is 35.5 Å². The fraction of sp³-hybridized carbons (Fsp3) is 0.962. The average molecular weight is 409 g/mol. The number of rotatable bonds is 12. The van der Waals surface area contributed by atoms with E-state index < -0.39 is 6.16 Å². The standard InChI is InChI=1S/C26H48O3/c1-4-6-8-10-11-21(3)28-26(27)29-25-19-17-24(18-20-25)23-15-13-22(14-16-23)12-9-7-5-2/h21-25H,4-20H2,1-3H3/t21-,22-,23-,24-,25-/m1/s1. The zero-order chi connectivity index (χ0) is 20.9. The normalized spacial score (nSPS) is 28.7. The van der Waals surface area contributed by atoms with Crippen molar-refractivity contribution >= 4 is 6.16 Å². The lowest BCUT2D eigenvalue weighted by Gasteiger charge is -2.37. The summed E-state index contributed by atoms with van der Waals surface area (Å²) in [6, 6.07) is 0. The van der Waals surface area contributed by atoms with Crippen molar-refractivity contribution in [3.8, 4) is 0 Å². The number of unbranched alkanes of at least 4 members (excludes halogenated alkanes) is 5. The molecule has 0 aromatic rings. The van der Waals surface area contributed by atoms with Crippen LogP contribution in [0.2, 0.25) is 0 Å². The molecule has 29 heavy (non-hydrogen) atoms. The molecule has 0 unspecified atom stereocenters. The summed E-state index contributed by atoms with van der Waals surface area (Å²) in [7, 11) is 0. The van der Waals surface area contributed by atoms with E-state index in [1.165, 1.54) is 83.5 Å². The maximum absolute atomic E-state index is 12.1. The Morgan fingerprint density at radius 3 is 2.00 bits per heavy atom. The van der Waals surface area contributed by atoms with Crippen molar-refractivity contribution < 1.29 is 14.3 Å². The average Bonchev–Trinajstić information content (AvgIpc) is 2.72. The molecule has 170 valence electrons. The summed E-state index contributed by atoms with van der Waals surface area (Å²) in [6.07, 6.45) is 21.4. The largest absolute Gasteiger partial charge is 0.508 e. The summed E-state index contributed by atoms with van der Waals surface area (Å²) in [6.45, 7) is 6.50. The van der Waals surface area contributed by atoms with Crippen molar-refractivity contribution in [3.05, 3.63) is 0 Å². The molecule has 3 nitrogen and oxygen atoms in total. The minimum Gasteiger partial charge on any atom is -0.431 e. The zero-order valence-electron chi connectivity index (χ0n) is 19.6. The van der Waals surface area contributed by atoms with Crippen LogP contribution in [0.1, 0.15) is 130 Å². The van der Waals surface area contributed by atoms with Gasteiger partial charge < -0.3 is 9.47 Å². The van der Waals surface area contributed by atoms with Crippen LogP contribution in [0.4, 0.5) is 4.79 Å². The molecule has 3 heteroatoms. The van der Waals surface area contributed by atoms with Crippen molar-refractivity contribution in [1.82, 2.24) is 0 Å². The fourth-order valence-corrected chi connectivity index (χ4v) is 5.55. The molecule has 2 aliphatic rings. The van der Waals surface area contributed by atoms with Gasteiger partial charge in [-0.2, -0.15) is 0 Å². The van der Waals surface area contributed by atoms with Gasteiger partial charge in [0.1, 0.15) is 12.2 Å². The Morgan fingerprint density at radius 2 is 1.38 bits per heavy atom. The third kappa shape index (κ3) is 9.75. The monoisotopic (exact) mass is 408 g/mol. The molecule has 0 radical (unpaired) electrons. The Balaban J connectivity index is 1.56. The van der Waals surface area contributed by atoms with Gasteiger partial charge in [-0.3, -0.25) is 0 Å². The Kier molecular flexibility index (Phi) is 12.1. The van der Waals surface area contributed by atoms with Gasteiger partial charge in [-0.1, -0.05) is 71.6 Å². The Hall–Kier alpha value is -0.730. The van der Waals surface area contributed by atoms with E-state index in [0.717, 1.165) is 43.4 Å². The van der Waals surface area contributed by atoms with Crippen molar-refractivity contribution in [2.45, 2.75) is 142 Å². The van der Waals surface area contributed by atoms with Crippen molar-refractivity contribution in [2.24, 2.45) is 17.8 Å². The van der Waals surface area contributed by atoms with Crippen LogP contribution >= 0.6 is 0 Å². The van der Waals surface area contributed by atoms with E-state index in [0.29, 0.717) is 0 Å². The van der Waals surface area contributed by atoms with Crippen LogP contribution in [-0.2, 0) is 9.47 Å². The van der Waals surface area contributed by atoms with Gasteiger partial charge in [-0.15, -0.1) is 0 Å². The highest BCUT2D eigenvalue weighted by Gasteiger charge is 2.32. The van der Waals surface area contributed by atoms with Gasteiger partial charge in [-0.25, -0.2) is 4.79 Å². The molecule has 2 rings (SSSR count). The maximum atomic E-state index is 12.1. The molecule has 0 N–H and O–H groups in total. The molecule has 2 saturated carbocycles. The first-order valence-corrected chi connectivity index (χ1v) is 13.0. The second-order valence-corrected chi connectivity index (χ2v) is 9.96. The van der Waals surface area contributed by atoms with Crippen LogP contribution in [0, 0.1) is 17.8 Å². The lowest BCUT2D eigenvalue weighted by Crippen LogP contribution is -2.30. The molecular weight excluding hydrogens is 360 g/mol.